The molecule has 0 amide bonds. The molecule has 0 N–H and O–H groups in total. The molecular formula is C61H100O6. The van der Waals surface area contributed by atoms with Gasteiger partial charge in [0.1, 0.15) is 13.2 Å². The Hall–Kier alpha value is -3.93. The fourth-order valence-electron chi connectivity index (χ4n) is 7.18. The Morgan fingerprint density at radius 1 is 0.313 bits per heavy atom. The van der Waals surface area contributed by atoms with Gasteiger partial charge in [-0.1, -0.05) is 233 Å². The number of unbranched alkanes of at least 4 members (excludes halogenated alkanes) is 19. The SMILES string of the molecule is CC/C=C\C/C=C\C/C=C\C/C=C\C/C=C\C/C=C\CCC(=O)OC[C@H](COC(=O)CCCCCCCCCCCCCCC)OC(=O)CCCCCC/C=C\C/C=C\C/C=C\CCCCC. The summed E-state index contributed by atoms with van der Waals surface area (Å²) in [4.78, 5) is 38.0. The lowest BCUT2D eigenvalue weighted by Gasteiger charge is -2.18. The molecule has 0 saturated heterocycles. The van der Waals surface area contributed by atoms with Crippen LogP contribution in [0.3, 0.4) is 0 Å². The van der Waals surface area contributed by atoms with E-state index >= 15 is 0 Å². The molecule has 0 radical (unpaired) electrons. The number of carbonyl (C=O) groups excluding carboxylic acids is 3. The normalized spacial score (nSPS) is 12.9. The third kappa shape index (κ3) is 52.9. The molecule has 0 rings (SSSR count). The van der Waals surface area contributed by atoms with E-state index in [9.17, 15) is 14.4 Å². The van der Waals surface area contributed by atoms with Gasteiger partial charge in [0.2, 0.25) is 0 Å². The van der Waals surface area contributed by atoms with E-state index in [0.717, 1.165) is 103 Å². The molecule has 0 fully saturated rings. The quantitative estimate of drug-likeness (QED) is 0.0262. The van der Waals surface area contributed by atoms with Crippen molar-refractivity contribution in [1.29, 1.82) is 0 Å². The zero-order chi connectivity index (χ0) is 48.6. The standard InChI is InChI=1S/C61H100O6/c1-4-7-10-13-16-19-22-25-27-29-30-32-33-36-39-42-45-48-51-54-60(63)66-57-58(56-65-59(62)53-50-47-44-41-38-35-24-21-18-15-12-9-6-3)67-61(64)55-52-49-46-43-40-37-34-31-28-26-23-20-17-14-11-8-5-2/h7,10,16-17,19-20,25-28,30,32,34,36-37,39,45,48,58H,4-6,8-9,11-15,18,21-24,29,31,33,35,38,40-44,46-47,49-57H2,1-3H3/b10-7-,19-16-,20-17-,27-25-,28-26-,32-30-,37-34-,39-36-,48-45-/t58-/m0/s1. The lowest BCUT2D eigenvalue weighted by atomic mass is 10.0. The molecular weight excluding hydrogens is 829 g/mol. The number of ether oxygens (including phenoxy) is 3. The molecule has 6 heteroatoms. The maximum absolute atomic E-state index is 12.8. The molecule has 1 atom stereocenters. The van der Waals surface area contributed by atoms with Crippen LogP contribution < -0.4 is 0 Å². The fraction of sp³-hybridized carbons (Fsp3) is 0.656. The van der Waals surface area contributed by atoms with Crippen molar-refractivity contribution in [2.24, 2.45) is 0 Å². The molecule has 67 heavy (non-hydrogen) atoms. The van der Waals surface area contributed by atoms with Crippen molar-refractivity contribution in [3.63, 3.8) is 0 Å². The van der Waals surface area contributed by atoms with Gasteiger partial charge in [-0.3, -0.25) is 14.4 Å². The van der Waals surface area contributed by atoms with Gasteiger partial charge in [0, 0.05) is 19.3 Å². The third-order valence-electron chi connectivity index (χ3n) is 11.3. The Labute approximate surface area is 412 Å². The van der Waals surface area contributed by atoms with Crippen LogP contribution in [0.1, 0.15) is 239 Å². The first-order chi connectivity index (χ1) is 33.0. The second kappa shape index (κ2) is 54.7. The van der Waals surface area contributed by atoms with Gasteiger partial charge < -0.3 is 14.2 Å². The molecule has 380 valence electrons. The van der Waals surface area contributed by atoms with Crippen molar-refractivity contribution >= 4 is 17.9 Å². The van der Waals surface area contributed by atoms with Crippen molar-refractivity contribution < 1.29 is 28.6 Å². The Morgan fingerprint density at radius 3 is 1.03 bits per heavy atom. The number of carbonyl (C=O) groups is 3. The highest BCUT2D eigenvalue weighted by molar-refractivity contribution is 5.71. The van der Waals surface area contributed by atoms with Crippen LogP contribution in [0.4, 0.5) is 0 Å². The molecule has 0 aliphatic rings. The molecule has 0 aromatic rings. The van der Waals surface area contributed by atoms with Crippen LogP contribution in [0.25, 0.3) is 0 Å². The second-order valence-corrected chi connectivity index (χ2v) is 17.8. The van der Waals surface area contributed by atoms with Gasteiger partial charge in [0.15, 0.2) is 6.10 Å². The highest BCUT2D eigenvalue weighted by atomic mass is 16.6. The molecule has 0 saturated carbocycles. The van der Waals surface area contributed by atoms with Crippen LogP contribution in [0.5, 0.6) is 0 Å². The summed E-state index contributed by atoms with van der Waals surface area (Å²) in [5, 5.41) is 0. The van der Waals surface area contributed by atoms with Gasteiger partial charge in [-0.15, -0.1) is 0 Å². The fourth-order valence-corrected chi connectivity index (χ4v) is 7.18. The Kier molecular flexibility index (Phi) is 51.5. The number of hydrogen-bond donors (Lipinski definition) is 0. The first-order valence-electron chi connectivity index (χ1n) is 27.4. The number of rotatable bonds is 48. The minimum Gasteiger partial charge on any atom is -0.462 e. The van der Waals surface area contributed by atoms with Crippen LogP contribution in [0.2, 0.25) is 0 Å². The number of allylic oxidation sites excluding steroid dienone is 18. The van der Waals surface area contributed by atoms with Crippen molar-refractivity contribution in [3.8, 4) is 0 Å². The molecule has 0 aromatic carbocycles. The van der Waals surface area contributed by atoms with E-state index in [1.807, 2.05) is 6.08 Å². The van der Waals surface area contributed by atoms with E-state index in [2.05, 4.69) is 124 Å². The lowest BCUT2D eigenvalue weighted by Crippen LogP contribution is -2.30. The topological polar surface area (TPSA) is 78.9 Å². The van der Waals surface area contributed by atoms with Crippen molar-refractivity contribution in [3.05, 3.63) is 109 Å². The van der Waals surface area contributed by atoms with E-state index < -0.39 is 6.10 Å². The zero-order valence-electron chi connectivity index (χ0n) is 43.4. The lowest BCUT2D eigenvalue weighted by molar-refractivity contribution is -0.166. The van der Waals surface area contributed by atoms with Crippen molar-refractivity contribution in [2.45, 2.75) is 245 Å². The summed E-state index contributed by atoms with van der Waals surface area (Å²) in [6.45, 7) is 6.41. The second-order valence-electron chi connectivity index (χ2n) is 17.8. The minimum absolute atomic E-state index is 0.110. The molecule has 0 bridgehead atoms. The van der Waals surface area contributed by atoms with Gasteiger partial charge in [-0.05, 0) is 96.3 Å². The van der Waals surface area contributed by atoms with Crippen LogP contribution in [-0.4, -0.2) is 37.2 Å². The predicted octanol–water partition coefficient (Wildman–Crippen LogP) is 18.3. The van der Waals surface area contributed by atoms with Gasteiger partial charge in [-0.25, -0.2) is 0 Å². The van der Waals surface area contributed by atoms with E-state index in [1.54, 1.807) is 0 Å². The molecule has 0 aliphatic heterocycles. The Bertz CT molecular complexity index is 1390. The number of esters is 3. The van der Waals surface area contributed by atoms with Crippen LogP contribution >= 0.6 is 0 Å². The largest absolute Gasteiger partial charge is 0.462 e. The average Bonchev–Trinajstić information content (AvgIpc) is 3.33. The summed E-state index contributed by atoms with van der Waals surface area (Å²) < 4.78 is 16.7. The first-order valence-corrected chi connectivity index (χ1v) is 27.4. The maximum Gasteiger partial charge on any atom is 0.306 e. The molecule has 0 heterocycles. The number of hydrogen-bond acceptors (Lipinski definition) is 6. The first kappa shape index (κ1) is 63.1. The average molecular weight is 929 g/mol. The smallest absolute Gasteiger partial charge is 0.306 e. The van der Waals surface area contributed by atoms with E-state index in [4.69, 9.17) is 14.2 Å². The van der Waals surface area contributed by atoms with Crippen LogP contribution in [0.15, 0.2) is 109 Å². The zero-order valence-corrected chi connectivity index (χ0v) is 43.4. The van der Waals surface area contributed by atoms with E-state index in [0.29, 0.717) is 12.8 Å². The summed E-state index contributed by atoms with van der Waals surface area (Å²) >= 11 is 0. The summed E-state index contributed by atoms with van der Waals surface area (Å²) in [5.74, 6) is -1.02. The highest BCUT2D eigenvalue weighted by Gasteiger charge is 2.19. The van der Waals surface area contributed by atoms with Crippen molar-refractivity contribution in [2.75, 3.05) is 13.2 Å². The van der Waals surface area contributed by atoms with Crippen LogP contribution in [0, 0.1) is 0 Å². The summed E-state index contributed by atoms with van der Waals surface area (Å²) in [6.07, 6.45) is 73.7. The van der Waals surface area contributed by atoms with Gasteiger partial charge in [0.25, 0.3) is 0 Å². The van der Waals surface area contributed by atoms with Gasteiger partial charge >= 0.3 is 17.9 Å². The molecule has 0 unspecified atom stereocenters. The highest BCUT2D eigenvalue weighted by Crippen LogP contribution is 2.14. The Morgan fingerprint density at radius 2 is 0.612 bits per heavy atom. The molecule has 0 spiro atoms. The van der Waals surface area contributed by atoms with Gasteiger partial charge in [0.05, 0.1) is 0 Å². The molecule has 0 aromatic heterocycles. The molecule has 6 nitrogen and oxygen atoms in total. The summed E-state index contributed by atoms with van der Waals surface area (Å²) in [7, 11) is 0. The van der Waals surface area contributed by atoms with E-state index in [1.165, 1.54) is 89.9 Å². The van der Waals surface area contributed by atoms with Gasteiger partial charge in [-0.2, -0.15) is 0 Å². The van der Waals surface area contributed by atoms with E-state index in [-0.39, 0.29) is 44.0 Å². The third-order valence-corrected chi connectivity index (χ3v) is 11.3. The Balaban J connectivity index is 4.55. The van der Waals surface area contributed by atoms with Crippen LogP contribution in [-0.2, 0) is 28.6 Å². The monoisotopic (exact) mass is 929 g/mol. The minimum atomic E-state index is -0.820. The van der Waals surface area contributed by atoms with Crippen molar-refractivity contribution in [1.82, 2.24) is 0 Å². The predicted molar refractivity (Wildman–Crippen MR) is 288 cm³/mol. The summed E-state index contributed by atoms with van der Waals surface area (Å²) in [6, 6.07) is 0. The molecule has 0 aliphatic carbocycles. The summed E-state index contributed by atoms with van der Waals surface area (Å²) in [5.41, 5.74) is 0. The maximum atomic E-state index is 12.8.